The maximum atomic E-state index is 13.2. The average molecular weight is 480 g/mol. The quantitative estimate of drug-likeness (QED) is 0.313. The Morgan fingerprint density at radius 2 is 1.83 bits per heavy atom. The first-order valence-electron chi connectivity index (χ1n) is 11.3. The van der Waals surface area contributed by atoms with Crippen LogP contribution in [0.15, 0.2) is 77.1 Å². The first kappa shape index (κ1) is 25.6. The fourth-order valence-electron chi connectivity index (χ4n) is 4.24. The molecule has 184 valence electrons. The number of esters is 2. The Hall–Kier alpha value is -3.98. The second kappa shape index (κ2) is 11.4. The van der Waals surface area contributed by atoms with Crippen LogP contribution in [0.25, 0.3) is 0 Å². The number of nitro groups is 1. The number of carbonyl (C=O) groups is 2. The summed E-state index contributed by atoms with van der Waals surface area (Å²) in [5.74, 6) is -2.17. The van der Waals surface area contributed by atoms with E-state index in [4.69, 9.17) is 15.2 Å². The molecule has 2 atom stereocenters. The first-order valence-corrected chi connectivity index (χ1v) is 11.3. The molecular formula is C26H29N3O6. The van der Waals surface area contributed by atoms with Crippen molar-refractivity contribution in [3.05, 3.63) is 98.4 Å². The molecule has 1 heterocycles. The lowest BCUT2D eigenvalue weighted by atomic mass is 9.79. The van der Waals surface area contributed by atoms with Crippen LogP contribution >= 0.6 is 0 Å². The van der Waals surface area contributed by atoms with Gasteiger partial charge in [0.1, 0.15) is 0 Å². The number of nitrogens with one attached hydrogen (secondary N) is 1. The number of hydrogen-bond donors (Lipinski definition) is 2. The molecule has 1 aliphatic rings. The maximum Gasteiger partial charge on any atom is 0.336 e. The van der Waals surface area contributed by atoms with Crippen LogP contribution in [0.3, 0.4) is 0 Å². The number of ether oxygens (including phenoxy) is 2. The molecule has 35 heavy (non-hydrogen) atoms. The van der Waals surface area contributed by atoms with Crippen LogP contribution in [0.2, 0.25) is 0 Å². The first-order chi connectivity index (χ1) is 16.8. The third-order valence-corrected chi connectivity index (χ3v) is 5.89. The molecule has 0 radical (unpaired) electrons. The number of non-ortho nitro benzene ring substituents is 1. The molecule has 1 aliphatic heterocycles. The summed E-state index contributed by atoms with van der Waals surface area (Å²) < 4.78 is 10.4. The smallest absolute Gasteiger partial charge is 0.336 e. The minimum atomic E-state index is -0.911. The van der Waals surface area contributed by atoms with Gasteiger partial charge in [0.2, 0.25) is 0 Å². The Balaban J connectivity index is 2.12. The predicted molar refractivity (Wildman–Crippen MR) is 130 cm³/mol. The minimum Gasteiger partial charge on any atom is -0.466 e. The van der Waals surface area contributed by atoms with Gasteiger partial charge >= 0.3 is 11.9 Å². The van der Waals surface area contributed by atoms with Crippen molar-refractivity contribution < 1.29 is 24.0 Å². The number of hydrogen-bond acceptors (Lipinski definition) is 8. The molecule has 3 rings (SSSR count). The Bertz CT molecular complexity index is 1170. The zero-order valence-electron chi connectivity index (χ0n) is 19.9. The van der Waals surface area contributed by atoms with Crippen molar-refractivity contribution in [2.24, 2.45) is 5.73 Å². The van der Waals surface area contributed by atoms with Gasteiger partial charge in [0.05, 0.1) is 35.7 Å². The van der Waals surface area contributed by atoms with Crippen LogP contribution in [0.5, 0.6) is 0 Å². The normalized spacial score (nSPS) is 16.4. The maximum absolute atomic E-state index is 13.2. The lowest BCUT2D eigenvalue weighted by Gasteiger charge is -2.31. The number of nitrogens with two attached hydrogens (primary N) is 1. The lowest BCUT2D eigenvalue weighted by molar-refractivity contribution is -0.384. The largest absolute Gasteiger partial charge is 0.466 e. The standard InChI is InChI=1S/C26H29N3O6/c1-4-35-26(31)24-21(14-13-20(27)17-9-6-5-7-10-17)28-16(2)22(25(30)34-3)23(24)18-11-8-12-19(15-18)29(32)33/h5-12,15,20,23,28H,4,13-14,27H2,1-3H3. The summed E-state index contributed by atoms with van der Waals surface area (Å²) in [6.45, 7) is 3.51. The summed E-state index contributed by atoms with van der Waals surface area (Å²) in [7, 11) is 1.25. The number of methoxy groups -OCH3 is 1. The number of dihydropyridines is 1. The SMILES string of the molecule is CCOC(=O)C1=C(CCC(N)c2ccccc2)NC(C)=C(C(=O)OC)C1c1cccc([N+](=O)[O-])c1. The van der Waals surface area contributed by atoms with E-state index in [0.717, 1.165) is 5.56 Å². The predicted octanol–water partition coefficient (Wildman–Crippen LogP) is 4.03. The number of nitrogens with zero attached hydrogens (tertiary/aromatic N) is 1. The van der Waals surface area contributed by atoms with Gasteiger partial charge in [0.25, 0.3) is 5.69 Å². The highest BCUT2D eigenvalue weighted by molar-refractivity contribution is 6.00. The van der Waals surface area contributed by atoms with Crippen LogP contribution in [-0.2, 0) is 19.1 Å². The van der Waals surface area contributed by atoms with Gasteiger partial charge in [-0.15, -0.1) is 0 Å². The highest BCUT2D eigenvalue weighted by atomic mass is 16.6. The van der Waals surface area contributed by atoms with E-state index in [0.29, 0.717) is 29.8 Å². The highest BCUT2D eigenvalue weighted by Gasteiger charge is 2.39. The molecule has 0 saturated carbocycles. The van der Waals surface area contributed by atoms with Crippen molar-refractivity contribution in [2.75, 3.05) is 13.7 Å². The second-order valence-corrected chi connectivity index (χ2v) is 8.11. The molecule has 0 spiro atoms. The zero-order chi connectivity index (χ0) is 25.5. The number of allylic oxidation sites excluding steroid dienone is 2. The molecule has 0 amide bonds. The number of benzene rings is 2. The minimum absolute atomic E-state index is 0.122. The monoisotopic (exact) mass is 479 g/mol. The van der Waals surface area contributed by atoms with Crippen LogP contribution in [0.1, 0.15) is 49.8 Å². The van der Waals surface area contributed by atoms with E-state index in [2.05, 4.69) is 5.32 Å². The van der Waals surface area contributed by atoms with E-state index in [1.807, 2.05) is 30.3 Å². The molecule has 9 heteroatoms. The second-order valence-electron chi connectivity index (χ2n) is 8.11. The van der Waals surface area contributed by atoms with Crippen molar-refractivity contribution in [3.8, 4) is 0 Å². The van der Waals surface area contributed by atoms with Gasteiger partial charge < -0.3 is 20.5 Å². The topological polar surface area (TPSA) is 134 Å². The van der Waals surface area contributed by atoms with E-state index in [-0.39, 0.29) is 29.5 Å². The van der Waals surface area contributed by atoms with E-state index in [1.165, 1.54) is 25.3 Å². The molecule has 9 nitrogen and oxygen atoms in total. The third-order valence-electron chi connectivity index (χ3n) is 5.89. The molecule has 0 saturated heterocycles. The summed E-state index contributed by atoms with van der Waals surface area (Å²) in [5.41, 5.74) is 9.05. The van der Waals surface area contributed by atoms with Crippen LogP contribution in [-0.4, -0.2) is 30.6 Å². The fourth-order valence-corrected chi connectivity index (χ4v) is 4.24. The van der Waals surface area contributed by atoms with Crippen LogP contribution in [0, 0.1) is 10.1 Å². The van der Waals surface area contributed by atoms with Gasteiger partial charge in [-0.05, 0) is 37.8 Å². The average Bonchev–Trinajstić information content (AvgIpc) is 2.86. The van der Waals surface area contributed by atoms with E-state index in [1.54, 1.807) is 19.9 Å². The van der Waals surface area contributed by atoms with Crippen molar-refractivity contribution in [3.63, 3.8) is 0 Å². The van der Waals surface area contributed by atoms with Crippen molar-refractivity contribution in [1.29, 1.82) is 0 Å². The summed E-state index contributed by atoms with van der Waals surface area (Å²) >= 11 is 0. The molecule has 0 aliphatic carbocycles. The molecule has 0 bridgehead atoms. The molecular weight excluding hydrogens is 450 g/mol. The Kier molecular flexibility index (Phi) is 8.38. The van der Waals surface area contributed by atoms with Gasteiger partial charge in [-0.1, -0.05) is 42.5 Å². The van der Waals surface area contributed by atoms with Crippen molar-refractivity contribution >= 4 is 17.6 Å². The molecule has 2 aromatic carbocycles. The van der Waals surface area contributed by atoms with Gasteiger partial charge in [0, 0.05) is 29.6 Å². The van der Waals surface area contributed by atoms with E-state index < -0.39 is 22.8 Å². The zero-order valence-corrected chi connectivity index (χ0v) is 19.9. The summed E-state index contributed by atoms with van der Waals surface area (Å²) in [5, 5.41) is 14.6. The van der Waals surface area contributed by atoms with Gasteiger partial charge in [-0.2, -0.15) is 0 Å². The Morgan fingerprint density at radius 1 is 1.11 bits per heavy atom. The van der Waals surface area contributed by atoms with Gasteiger partial charge in [0.15, 0.2) is 0 Å². The van der Waals surface area contributed by atoms with Crippen LogP contribution in [0.4, 0.5) is 5.69 Å². The number of rotatable bonds is 9. The van der Waals surface area contributed by atoms with Gasteiger partial charge in [-0.3, -0.25) is 10.1 Å². The van der Waals surface area contributed by atoms with Gasteiger partial charge in [-0.25, -0.2) is 9.59 Å². The number of carbonyl (C=O) groups excluding carboxylic acids is 2. The number of nitro benzene ring substituents is 1. The third kappa shape index (κ3) is 5.75. The fraction of sp³-hybridized carbons (Fsp3) is 0.308. The highest BCUT2D eigenvalue weighted by Crippen LogP contribution is 2.41. The molecule has 0 fully saturated rings. The Morgan fingerprint density at radius 3 is 2.46 bits per heavy atom. The summed E-state index contributed by atoms with van der Waals surface area (Å²) in [6.07, 6.45) is 0.902. The van der Waals surface area contributed by atoms with E-state index in [9.17, 15) is 19.7 Å². The van der Waals surface area contributed by atoms with Crippen molar-refractivity contribution in [2.45, 2.75) is 38.6 Å². The van der Waals surface area contributed by atoms with E-state index >= 15 is 0 Å². The molecule has 3 N–H and O–H groups in total. The van der Waals surface area contributed by atoms with Crippen LogP contribution < -0.4 is 11.1 Å². The lowest BCUT2D eigenvalue weighted by Crippen LogP contribution is -2.33. The molecule has 2 unspecified atom stereocenters. The molecule has 2 aromatic rings. The summed E-state index contributed by atoms with van der Waals surface area (Å²) in [4.78, 5) is 37.0. The Labute approximate surface area is 203 Å². The molecule has 0 aromatic heterocycles. The van der Waals surface area contributed by atoms with Crippen molar-refractivity contribution in [1.82, 2.24) is 5.32 Å². The summed E-state index contributed by atoms with van der Waals surface area (Å²) in [6, 6.07) is 15.2.